The Bertz CT molecular complexity index is 598. The second-order valence-corrected chi connectivity index (χ2v) is 5.99. The Morgan fingerprint density at radius 1 is 1.32 bits per heavy atom. The summed E-state index contributed by atoms with van der Waals surface area (Å²) >= 11 is 0. The summed E-state index contributed by atoms with van der Waals surface area (Å²) in [7, 11) is -3.75. The first-order chi connectivity index (χ1) is 8.75. The normalized spacial score (nSPS) is 12.8. The highest BCUT2D eigenvalue weighted by molar-refractivity contribution is 7.89. The molecule has 0 aliphatic rings. The molecule has 5 nitrogen and oxygen atoms in total. The molecule has 0 bridgehead atoms. The van der Waals surface area contributed by atoms with Gasteiger partial charge >= 0.3 is 0 Å². The minimum Gasteiger partial charge on any atom is -0.338 e. The van der Waals surface area contributed by atoms with E-state index in [1.165, 1.54) is 24.3 Å². The van der Waals surface area contributed by atoms with Crippen molar-refractivity contribution >= 4 is 15.9 Å². The largest absolute Gasteiger partial charge is 0.338 e. The molecular weight excluding hydrogens is 264 g/mol. The van der Waals surface area contributed by atoms with Gasteiger partial charge in [0.05, 0.1) is 10.9 Å². The van der Waals surface area contributed by atoms with Crippen molar-refractivity contribution in [1.29, 1.82) is 0 Å². The summed E-state index contributed by atoms with van der Waals surface area (Å²) in [6, 6.07) is 4.98. The van der Waals surface area contributed by atoms with Gasteiger partial charge in [-0.2, -0.15) is 0 Å². The van der Waals surface area contributed by atoms with Crippen molar-refractivity contribution in [1.82, 2.24) is 5.32 Å². The van der Waals surface area contributed by atoms with E-state index in [0.717, 1.165) is 0 Å². The summed E-state index contributed by atoms with van der Waals surface area (Å²) in [4.78, 5) is 11.9. The quantitative estimate of drug-likeness (QED) is 0.796. The third-order valence-electron chi connectivity index (χ3n) is 2.58. The molecule has 0 aromatic heterocycles. The summed E-state index contributed by atoms with van der Waals surface area (Å²) in [5, 5.41) is 7.65. The summed E-state index contributed by atoms with van der Waals surface area (Å²) in [6.07, 6.45) is 5.32. The number of nitrogens with one attached hydrogen (secondary N) is 1. The first kappa shape index (κ1) is 15.2. The standard InChI is InChI=1S/C13H16N2O3S/c1-4-12(9(2)3)15-13(16)10-5-7-11(8-6-10)19(14,17)18/h1,5-9,12H,2-3H3,(H,15,16)(H2,14,17,18). The van der Waals surface area contributed by atoms with Gasteiger partial charge in [0.25, 0.3) is 5.91 Å². The Labute approximate surface area is 113 Å². The highest BCUT2D eigenvalue weighted by Gasteiger charge is 2.15. The van der Waals surface area contributed by atoms with Crippen LogP contribution in [0.2, 0.25) is 0 Å². The van der Waals surface area contributed by atoms with Crippen molar-refractivity contribution < 1.29 is 13.2 Å². The molecule has 0 spiro atoms. The van der Waals surface area contributed by atoms with Crippen LogP contribution in [0.1, 0.15) is 24.2 Å². The van der Waals surface area contributed by atoms with Gasteiger partial charge in [-0.1, -0.05) is 19.8 Å². The molecule has 0 saturated carbocycles. The van der Waals surface area contributed by atoms with Gasteiger partial charge in [0.2, 0.25) is 10.0 Å². The van der Waals surface area contributed by atoms with E-state index >= 15 is 0 Å². The number of nitrogens with two attached hydrogens (primary N) is 1. The molecular formula is C13H16N2O3S. The number of benzene rings is 1. The molecule has 1 amide bonds. The Morgan fingerprint density at radius 3 is 2.21 bits per heavy atom. The van der Waals surface area contributed by atoms with Gasteiger partial charge in [0, 0.05) is 5.56 Å². The molecule has 1 aromatic carbocycles. The van der Waals surface area contributed by atoms with Crippen molar-refractivity contribution in [2.24, 2.45) is 11.1 Å². The number of terminal acetylenes is 1. The Morgan fingerprint density at radius 2 is 1.84 bits per heavy atom. The fourth-order valence-corrected chi connectivity index (χ4v) is 1.94. The van der Waals surface area contributed by atoms with Gasteiger partial charge < -0.3 is 5.32 Å². The van der Waals surface area contributed by atoms with Crippen LogP contribution in [-0.4, -0.2) is 20.4 Å². The van der Waals surface area contributed by atoms with E-state index in [-0.39, 0.29) is 22.8 Å². The van der Waals surface area contributed by atoms with Crippen molar-refractivity contribution in [2.75, 3.05) is 0 Å². The predicted molar refractivity (Wildman–Crippen MR) is 72.7 cm³/mol. The van der Waals surface area contributed by atoms with Gasteiger partial charge in [0.15, 0.2) is 0 Å². The van der Waals surface area contributed by atoms with Crippen molar-refractivity contribution in [3.05, 3.63) is 29.8 Å². The molecule has 0 heterocycles. The van der Waals surface area contributed by atoms with Crippen LogP contribution in [0.4, 0.5) is 0 Å². The summed E-state index contributed by atoms with van der Waals surface area (Å²) in [5.41, 5.74) is 0.327. The zero-order valence-electron chi connectivity index (χ0n) is 10.8. The first-order valence-electron chi connectivity index (χ1n) is 5.65. The third kappa shape index (κ3) is 4.09. The second kappa shape index (κ2) is 5.87. The molecule has 3 N–H and O–H groups in total. The highest BCUT2D eigenvalue weighted by atomic mass is 32.2. The lowest BCUT2D eigenvalue weighted by Crippen LogP contribution is -2.37. The first-order valence-corrected chi connectivity index (χ1v) is 7.20. The fourth-order valence-electron chi connectivity index (χ4n) is 1.42. The number of primary sulfonamides is 1. The van der Waals surface area contributed by atoms with Crippen LogP contribution < -0.4 is 10.5 Å². The van der Waals surface area contributed by atoms with Crippen molar-refractivity contribution in [3.63, 3.8) is 0 Å². The van der Waals surface area contributed by atoms with Crippen LogP contribution in [0.5, 0.6) is 0 Å². The van der Waals surface area contributed by atoms with Crippen molar-refractivity contribution in [3.8, 4) is 12.3 Å². The van der Waals surface area contributed by atoms with Crippen LogP contribution in [0, 0.1) is 18.3 Å². The fraction of sp³-hybridized carbons (Fsp3) is 0.308. The number of rotatable bonds is 4. The van der Waals surface area contributed by atoms with E-state index < -0.39 is 10.0 Å². The van der Waals surface area contributed by atoms with Gasteiger partial charge in [-0.3, -0.25) is 4.79 Å². The molecule has 1 unspecified atom stereocenters. The van der Waals surface area contributed by atoms with Crippen LogP contribution in [-0.2, 0) is 10.0 Å². The number of amides is 1. The molecule has 6 heteroatoms. The maximum atomic E-state index is 11.9. The lowest BCUT2D eigenvalue weighted by Gasteiger charge is -2.16. The number of hydrogen-bond acceptors (Lipinski definition) is 3. The van der Waals surface area contributed by atoms with E-state index in [2.05, 4.69) is 11.2 Å². The Balaban J connectivity index is 2.88. The number of carbonyl (C=O) groups excluding carboxylic acids is 1. The minimum atomic E-state index is -3.75. The Kier molecular flexibility index (Phi) is 4.70. The summed E-state index contributed by atoms with van der Waals surface area (Å²) in [5.74, 6) is 2.25. The van der Waals surface area contributed by atoms with Gasteiger partial charge in [-0.15, -0.1) is 6.42 Å². The maximum absolute atomic E-state index is 11.9. The molecule has 0 saturated heterocycles. The maximum Gasteiger partial charge on any atom is 0.252 e. The summed E-state index contributed by atoms with van der Waals surface area (Å²) < 4.78 is 22.2. The zero-order chi connectivity index (χ0) is 14.6. The third-order valence-corrected chi connectivity index (χ3v) is 3.51. The van der Waals surface area contributed by atoms with Gasteiger partial charge in [-0.05, 0) is 30.2 Å². The molecule has 102 valence electrons. The van der Waals surface area contributed by atoms with E-state index in [0.29, 0.717) is 5.56 Å². The van der Waals surface area contributed by atoms with E-state index in [1.807, 2.05) is 13.8 Å². The number of sulfonamides is 1. The molecule has 1 aromatic rings. The molecule has 1 atom stereocenters. The topological polar surface area (TPSA) is 89.3 Å². The predicted octanol–water partition coefficient (Wildman–Crippen LogP) is 0.722. The zero-order valence-corrected chi connectivity index (χ0v) is 11.6. The van der Waals surface area contributed by atoms with E-state index in [9.17, 15) is 13.2 Å². The van der Waals surface area contributed by atoms with Crippen LogP contribution in [0.25, 0.3) is 0 Å². The molecule has 0 aliphatic carbocycles. The minimum absolute atomic E-state index is 0.0404. The van der Waals surface area contributed by atoms with E-state index in [4.69, 9.17) is 11.6 Å². The SMILES string of the molecule is C#CC(NC(=O)c1ccc(S(N)(=O)=O)cc1)C(C)C. The van der Waals surface area contributed by atoms with Crippen LogP contribution in [0.3, 0.4) is 0 Å². The van der Waals surface area contributed by atoms with Crippen molar-refractivity contribution in [2.45, 2.75) is 24.8 Å². The molecule has 0 aliphatic heterocycles. The Hall–Kier alpha value is -1.84. The van der Waals surface area contributed by atoms with Gasteiger partial charge in [0.1, 0.15) is 0 Å². The average molecular weight is 280 g/mol. The average Bonchev–Trinajstić information content (AvgIpc) is 2.34. The number of carbonyl (C=O) groups is 1. The lowest BCUT2D eigenvalue weighted by atomic mass is 10.0. The lowest BCUT2D eigenvalue weighted by molar-refractivity contribution is 0.0938. The molecule has 19 heavy (non-hydrogen) atoms. The highest BCUT2D eigenvalue weighted by Crippen LogP contribution is 2.09. The second-order valence-electron chi connectivity index (χ2n) is 4.43. The van der Waals surface area contributed by atoms with Crippen LogP contribution >= 0.6 is 0 Å². The summed E-state index contributed by atoms with van der Waals surface area (Å²) in [6.45, 7) is 3.80. The van der Waals surface area contributed by atoms with Crippen LogP contribution in [0.15, 0.2) is 29.2 Å². The van der Waals surface area contributed by atoms with Gasteiger partial charge in [-0.25, -0.2) is 13.6 Å². The van der Waals surface area contributed by atoms with E-state index in [1.54, 1.807) is 0 Å². The number of hydrogen-bond donors (Lipinski definition) is 2. The smallest absolute Gasteiger partial charge is 0.252 e. The molecule has 0 radical (unpaired) electrons. The molecule has 0 fully saturated rings. The monoisotopic (exact) mass is 280 g/mol. The molecule has 1 rings (SSSR count).